The van der Waals surface area contributed by atoms with E-state index in [1.807, 2.05) is 6.92 Å². The number of aliphatic carboxylic acids is 1. The lowest BCUT2D eigenvalue weighted by Crippen LogP contribution is -2.33. The molecule has 7 heteroatoms. The number of hydrogen-bond acceptors (Lipinski definition) is 5. The summed E-state index contributed by atoms with van der Waals surface area (Å²) in [6.45, 7) is 3.75. The Hall–Kier alpha value is -2.05. The number of carboxylic acids is 1. The van der Waals surface area contributed by atoms with Crippen LogP contribution in [0, 0.1) is 12.8 Å². The van der Waals surface area contributed by atoms with E-state index in [1.54, 1.807) is 13.0 Å². The van der Waals surface area contributed by atoms with Gasteiger partial charge in [0.15, 0.2) is 6.61 Å². The van der Waals surface area contributed by atoms with Gasteiger partial charge in [0.1, 0.15) is 5.76 Å². The van der Waals surface area contributed by atoms with Crippen molar-refractivity contribution in [2.75, 3.05) is 13.2 Å². The minimum atomic E-state index is -0.865. The summed E-state index contributed by atoms with van der Waals surface area (Å²) < 4.78 is 9.89. The molecule has 0 spiro atoms. The van der Waals surface area contributed by atoms with Gasteiger partial charge in [0, 0.05) is 19.0 Å². The Labute approximate surface area is 110 Å². The van der Waals surface area contributed by atoms with Gasteiger partial charge in [-0.05, 0) is 18.0 Å². The third kappa shape index (κ3) is 5.89. The lowest BCUT2D eigenvalue weighted by molar-refractivity contribution is -0.138. The van der Waals surface area contributed by atoms with E-state index in [0.29, 0.717) is 18.7 Å². The highest BCUT2D eigenvalue weighted by molar-refractivity contribution is 5.77. The summed E-state index contributed by atoms with van der Waals surface area (Å²) >= 11 is 0. The molecule has 0 radical (unpaired) electrons. The normalized spacial score (nSPS) is 11.9. The molecule has 0 saturated heterocycles. The highest BCUT2D eigenvalue weighted by Gasteiger charge is 2.13. The van der Waals surface area contributed by atoms with E-state index < -0.39 is 5.97 Å². The first-order chi connectivity index (χ1) is 9.01. The molecule has 1 amide bonds. The molecule has 0 aromatic carbocycles. The average molecular weight is 270 g/mol. The molecule has 0 bridgehead atoms. The van der Waals surface area contributed by atoms with Gasteiger partial charge in [-0.2, -0.15) is 0 Å². The fourth-order valence-electron chi connectivity index (χ4n) is 1.47. The van der Waals surface area contributed by atoms with Crippen LogP contribution in [0.4, 0.5) is 0 Å². The Kier molecular flexibility index (Phi) is 5.84. The summed E-state index contributed by atoms with van der Waals surface area (Å²) in [6, 6.07) is 1.58. The molecule has 1 unspecified atom stereocenters. The first-order valence-electron chi connectivity index (χ1n) is 6.05. The first-order valence-corrected chi connectivity index (χ1v) is 6.05. The SMILES string of the molecule is CCC(CNC(=O)COc1cc(C)on1)CC(=O)O. The van der Waals surface area contributed by atoms with Crippen molar-refractivity contribution in [2.45, 2.75) is 26.7 Å². The molecule has 106 valence electrons. The van der Waals surface area contributed by atoms with Crippen LogP contribution in [0.3, 0.4) is 0 Å². The highest BCUT2D eigenvalue weighted by atomic mass is 16.5. The topological polar surface area (TPSA) is 102 Å². The van der Waals surface area contributed by atoms with Crippen molar-refractivity contribution in [3.8, 4) is 5.88 Å². The molecule has 2 N–H and O–H groups in total. The number of carbonyl (C=O) groups excluding carboxylic acids is 1. The molecule has 1 aromatic heterocycles. The van der Waals surface area contributed by atoms with Crippen molar-refractivity contribution in [2.24, 2.45) is 5.92 Å². The van der Waals surface area contributed by atoms with Gasteiger partial charge in [-0.1, -0.05) is 13.3 Å². The highest BCUT2D eigenvalue weighted by Crippen LogP contribution is 2.09. The van der Waals surface area contributed by atoms with Crippen LogP contribution in [0.1, 0.15) is 25.5 Å². The molecule has 1 heterocycles. The second-order valence-electron chi connectivity index (χ2n) is 4.24. The maximum absolute atomic E-state index is 11.5. The molecule has 1 atom stereocenters. The third-order valence-corrected chi connectivity index (χ3v) is 2.59. The number of ether oxygens (including phenoxy) is 1. The van der Waals surface area contributed by atoms with E-state index in [9.17, 15) is 9.59 Å². The van der Waals surface area contributed by atoms with Crippen molar-refractivity contribution in [3.63, 3.8) is 0 Å². The molecular formula is C12H18N2O5. The van der Waals surface area contributed by atoms with Gasteiger partial charge in [0.25, 0.3) is 11.8 Å². The van der Waals surface area contributed by atoms with Crippen molar-refractivity contribution in [3.05, 3.63) is 11.8 Å². The summed E-state index contributed by atoms with van der Waals surface area (Å²) in [6.07, 6.45) is 0.732. The average Bonchev–Trinajstić information content (AvgIpc) is 2.77. The van der Waals surface area contributed by atoms with Crippen molar-refractivity contribution < 1.29 is 24.0 Å². The quantitative estimate of drug-likeness (QED) is 0.730. The van der Waals surface area contributed by atoms with Gasteiger partial charge >= 0.3 is 5.97 Å². The van der Waals surface area contributed by atoms with Crippen LogP contribution in [0.15, 0.2) is 10.6 Å². The summed E-state index contributed by atoms with van der Waals surface area (Å²) in [7, 11) is 0. The van der Waals surface area contributed by atoms with E-state index in [-0.39, 0.29) is 30.7 Å². The molecule has 19 heavy (non-hydrogen) atoms. The summed E-state index contributed by atoms with van der Waals surface area (Å²) in [5, 5.41) is 14.9. The van der Waals surface area contributed by atoms with E-state index in [1.165, 1.54) is 0 Å². The number of rotatable bonds is 8. The first kappa shape index (κ1) is 15.0. The molecule has 1 rings (SSSR count). The van der Waals surface area contributed by atoms with Gasteiger partial charge in [0.2, 0.25) is 0 Å². The standard InChI is InChI=1S/C12H18N2O5/c1-3-9(5-12(16)17)6-13-10(15)7-18-11-4-8(2)19-14-11/h4,9H,3,5-7H2,1-2H3,(H,13,15)(H,16,17). The zero-order valence-electron chi connectivity index (χ0n) is 11.0. The number of hydrogen-bond donors (Lipinski definition) is 2. The lowest BCUT2D eigenvalue weighted by atomic mass is 10.0. The third-order valence-electron chi connectivity index (χ3n) is 2.59. The number of nitrogens with one attached hydrogen (secondary N) is 1. The number of nitrogens with zero attached hydrogens (tertiary/aromatic N) is 1. The van der Waals surface area contributed by atoms with Crippen molar-refractivity contribution >= 4 is 11.9 Å². The predicted octanol–water partition coefficient (Wildman–Crippen LogP) is 0.979. The number of carboxylic acid groups (broad SMARTS) is 1. The second kappa shape index (κ2) is 7.40. The van der Waals surface area contributed by atoms with Crippen LogP contribution in [-0.4, -0.2) is 35.3 Å². The maximum atomic E-state index is 11.5. The minimum Gasteiger partial charge on any atom is -0.481 e. The molecular weight excluding hydrogens is 252 g/mol. The Morgan fingerprint density at radius 3 is 2.84 bits per heavy atom. The Bertz CT molecular complexity index is 430. The molecule has 0 aliphatic rings. The van der Waals surface area contributed by atoms with E-state index in [0.717, 1.165) is 0 Å². The van der Waals surface area contributed by atoms with Crippen LogP contribution in [-0.2, 0) is 9.59 Å². The lowest BCUT2D eigenvalue weighted by Gasteiger charge is -2.13. The fraction of sp³-hybridized carbons (Fsp3) is 0.583. The van der Waals surface area contributed by atoms with Gasteiger partial charge < -0.3 is 19.7 Å². The van der Waals surface area contributed by atoms with Crippen LogP contribution in [0.25, 0.3) is 0 Å². The number of aromatic nitrogens is 1. The Balaban J connectivity index is 2.25. The van der Waals surface area contributed by atoms with Gasteiger partial charge in [-0.25, -0.2) is 0 Å². The Morgan fingerprint density at radius 1 is 1.58 bits per heavy atom. The maximum Gasteiger partial charge on any atom is 0.303 e. The summed E-state index contributed by atoms with van der Waals surface area (Å²) in [5.74, 6) is -0.399. The molecule has 0 aliphatic heterocycles. The zero-order valence-corrected chi connectivity index (χ0v) is 11.0. The second-order valence-corrected chi connectivity index (χ2v) is 4.24. The minimum absolute atomic E-state index is 0.0418. The van der Waals surface area contributed by atoms with Crippen molar-refractivity contribution in [1.29, 1.82) is 0 Å². The molecule has 0 aliphatic carbocycles. The van der Waals surface area contributed by atoms with Gasteiger partial charge in [0.05, 0.1) is 0 Å². The number of aryl methyl sites for hydroxylation is 1. The van der Waals surface area contributed by atoms with E-state index >= 15 is 0 Å². The van der Waals surface area contributed by atoms with Crippen LogP contribution >= 0.6 is 0 Å². The molecule has 0 fully saturated rings. The van der Waals surface area contributed by atoms with Gasteiger partial charge in [-0.3, -0.25) is 9.59 Å². The number of carbonyl (C=O) groups is 2. The van der Waals surface area contributed by atoms with E-state index in [4.69, 9.17) is 14.4 Å². The monoisotopic (exact) mass is 270 g/mol. The summed E-state index contributed by atoms with van der Waals surface area (Å²) in [4.78, 5) is 22.1. The predicted molar refractivity (Wildman–Crippen MR) is 65.8 cm³/mol. The number of amides is 1. The van der Waals surface area contributed by atoms with Gasteiger partial charge in [-0.15, -0.1) is 0 Å². The van der Waals surface area contributed by atoms with Crippen LogP contribution in [0.2, 0.25) is 0 Å². The van der Waals surface area contributed by atoms with Crippen LogP contribution < -0.4 is 10.1 Å². The van der Waals surface area contributed by atoms with Crippen LogP contribution in [0.5, 0.6) is 5.88 Å². The summed E-state index contributed by atoms with van der Waals surface area (Å²) in [5.41, 5.74) is 0. The smallest absolute Gasteiger partial charge is 0.303 e. The molecule has 0 saturated carbocycles. The molecule has 7 nitrogen and oxygen atoms in total. The fourth-order valence-corrected chi connectivity index (χ4v) is 1.47. The molecule has 1 aromatic rings. The van der Waals surface area contributed by atoms with Crippen molar-refractivity contribution in [1.82, 2.24) is 10.5 Å². The van der Waals surface area contributed by atoms with E-state index in [2.05, 4.69) is 10.5 Å². The largest absolute Gasteiger partial charge is 0.481 e. The Morgan fingerprint density at radius 2 is 2.32 bits per heavy atom. The zero-order chi connectivity index (χ0) is 14.3.